The van der Waals surface area contributed by atoms with Gasteiger partial charge in [0, 0.05) is 30.6 Å². The molecule has 0 aromatic heterocycles. The highest BCUT2D eigenvalue weighted by Gasteiger charge is 2.40. The number of carbonyl (C=O) groups is 4. The second-order valence-corrected chi connectivity index (χ2v) is 8.09. The summed E-state index contributed by atoms with van der Waals surface area (Å²) >= 11 is 0. The second kappa shape index (κ2) is 9.87. The Morgan fingerprint density at radius 3 is 2.27 bits per heavy atom. The largest absolute Gasteiger partial charge is 0.354 e. The SMILES string of the molecule is CCC(CC)C(=O)NCCNC(=O)c1ccc2c(c1)C(=O)N(C1CCCCC1)C2=O. The van der Waals surface area contributed by atoms with Crippen molar-refractivity contribution < 1.29 is 19.2 Å². The van der Waals surface area contributed by atoms with E-state index in [-0.39, 0.29) is 35.6 Å². The monoisotopic (exact) mass is 413 g/mol. The van der Waals surface area contributed by atoms with Gasteiger partial charge < -0.3 is 10.6 Å². The van der Waals surface area contributed by atoms with E-state index in [1.165, 1.54) is 11.0 Å². The maximum absolute atomic E-state index is 12.9. The molecule has 0 bridgehead atoms. The van der Waals surface area contributed by atoms with Crippen molar-refractivity contribution in [3.05, 3.63) is 34.9 Å². The zero-order chi connectivity index (χ0) is 21.7. The van der Waals surface area contributed by atoms with Crippen LogP contribution in [0.4, 0.5) is 0 Å². The Bertz CT molecular complexity index is 826. The molecule has 162 valence electrons. The summed E-state index contributed by atoms with van der Waals surface area (Å²) in [7, 11) is 0. The summed E-state index contributed by atoms with van der Waals surface area (Å²) in [6, 6.07) is 4.62. The molecule has 1 aromatic rings. The van der Waals surface area contributed by atoms with Crippen molar-refractivity contribution in [1.29, 1.82) is 0 Å². The first-order valence-corrected chi connectivity index (χ1v) is 11.1. The molecule has 1 heterocycles. The number of benzene rings is 1. The number of hydrogen-bond donors (Lipinski definition) is 2. The number of amides is 4. The second-order valence-electron chi connectivity index (χ2n) is 8.09. The van der Waals surface area contributed by atoms with Gasteiger partial charge in [-0.1, -0.05) is 33.1 Å². The Hall–Kier alpha value is -2.70. The van der Waals surface area contributed by atoms with Crippen molar-refractivity contribution in [2.45, 2.75) is 64.8 Å². The highest BCUT2D eigenvalue weighted by atomic mass is 16.2. The summed E-state index contributed by atoms with van der Waals surface area (Å²) in [6.07, 6.45) is 6.47. The van der Waals surface area contributed by atoms with Crippen LogP contribution in [0.5, 0.6) is 0 Å². The molecule has 0 saturated heterocycles. The molecule has 7 heteroatoms. The number of nitrogens with zero attached hydrogens (tertiary/aromatic N) is 1. The van der Waals surface area contributed by atoms with Gasteiger partial charge in [0.2, 0.25) is 5.91 Å². The fourth-order valence-corrected chi connectivity index (χ4v) is 4.34. The van der Waals surface area contributed by atoms with Gasteiger partial charge in [-0.25, -0.2) is 0 Å². The van der Waals surface area contributed by atoms with Gasteiger partial charge in [0.15, 0.2) is 0 Å². The first kappa shape index (κ1) is 22.0. The molecule has 1 saturated carbocycles. The third kappa shape index (κ3) is 4.55. The van der Waals surface area contributed by atoms with Crippen molar-refractivity contribution in [1.82, 2.24) is 15.5 Å². The lowest BCUT2D eigenvalue weighted by molar-refractivity contribution is -0.125. The van der Waals surface area contributed by atoms with Crippen LogP contribution in [0, 0.1) is 5.92 Å². The lowest BCUT2D eigenvalue weighted by atomic mass is 9.94. The van der Waals surface area contributed by atoms with Crippen LogP contribution in [-0.4, -0.2) is 47.7 Å². The zero-order valence-corrected chi connectivity index (χ0v) is 17.8. The topological polar surface area (TPSA) is 95.6 Å². The van der Waals surface area contributed by atoms with Crippen LogP contribution < -0.4 is 10.6 Å². The van der Waals surface area contributed by atoms with Crippen LogP contribution in [0.3, 0.4) is 0 Å². The molecule has 7 nitrogen and oxygen atoms in total. The van der Waals surface area contributed by atoms with Gasteiger partial charge in [0.1, 0.15) is 0 Å². The first-order chi connectivity index (χ1) is 14.5. The molecule has 30 heavy (non-hydrogen) atoms. The Kier molecular flexibility index (Phi) is 7.24. The molecule has 0 radical (unpaired) electrons. The van der Waals surface area contributed by atoms with Crippen LogP contribution in [0.2, 0.25) is 0 Å². The summed E-state index contributed by atoms with van der Waals surface area (Å²) in [4.78, 5) is 51.4. The van der Waals surface area contributed by atoms with Crippen molar-refractivity contribution in [2.24, 2.45) is 5.92 Å². The molecule has 0 spiro atoms. The number of carbonyl (C=O) groups excluding carboxylic acids is 4. The van der Waals surface area contributed by atoms with E-state index in [1.54, 1.807) is 12.1 Å². The lowest BCUT2D eigenvalue weighted by Gasteiger charge is -2.29. The molecule has 2 aliphatic rings. The van der Waals surface area contributed by atoms with E-state index in [0.29, 0.717) is 29.8 Å². The van der Waals surface area contributed by atoms with E-state index >= 15 is 0 Å². The van der Waals surface area contributed by atoms with Gasteiger partial charge in [-0.05, 0) is 43.9 Å². The molecular formula is C23H31N3O4. The maximum atomic E-state index is 12.9. The standard InChI is InChI=1S/C23H31N3O4/c1-3-15(4-2)20(27)24-12-13-25-21(28)16-10-11-18-19(14-16)23(30)26(22(18)29)17-8-6-5-7-9-17/h10-11,14-15,17H,3-9,12-13H2,1-2H3,(H,24,27)(H,25,28). The van der Waals surface area contributed by atoms with Crippen molar-refractivity contribution in [3.8, 4) is 0 Å². The normalized spacial score (nSPS) is 16.7. The molecule has 1 aliphatic heterocycles. The molecule has 3 rings (SSSR count). The highest BCUT2D eigenvalue weighted by molar-refractivity contribution is 6.22. The zero-order valence-electron chi connectivity index (χ0n) is 17.8. The summed E-state index contributed by atoms with van der Waals surface area (Å²) in [5.41, 5.74) is 1.02. The smallest absolute Gasteiger partial charge is 0.261 e. The van der Waals surface area contributed by atoms with Gasteiger partial charge in [-0.2, -0.15) is 0 Å². The Labute approximate surface area is 177 Å². The van der Waals surface area contributed by atoms with Gasteiger partial charge >= 0.3 is 0 Å². The minimum atomic E-state index is -0.328. The third-order valence-electron chi connectivity index (χ3n) is 6.19. The van der Waals surface area contributed by atoms with Crippen LogP contribution in [0.25, 0.3) is 0 Å². The predicted molar refractivity (Wildman–Crippen MR) is 113 cm³/mol. The Balaban J connectivity index is 1.58. The summed E-state index contributed by atoms with van der Waals surface area (Å²) in [5.74, 6) is -0.885. The summed E-state index contributed by atoms with van der Waals surface area (Å²) < 4.78 is 0. The van der Waals surface area contributed by atoms with Crippen molar-refractivity contribution in [3.63, 3.8) is 0 Å². The first-order valence-electron chi connectivity index (χ1n) is 11.1. The predicted octanol–water partition coefficient (Wildman–Crippen LogP) is 2.90. The third-order valence-corrected chi connectivity index (χ3v) is 6.19. The van der Waals surface area contributed by atoms with Crippen molar-refractivity contribution in [2.75, 3.05) is 13.1 Å². The van der Waals surface area contributed by atoms with E-state index in [2.05, 4.69) is 10.6 Å². The summed E-state index contributed by atoms with van der Waals surface area (Å²) in [5, 5.41) is 5.59. The number of rotatable bonds is 8. The number of nitrogens with one attached hydrogen (secondary N) is 2. The van der Waals surface area contributed by atoms with Crippen molar-refractivity contribution >= 4 is 23.6 Å². The van der Waals surface area contributed by atoms with Gasteiger partial charge in [-0.15, -0.1) is 0 Å². The summed E-state index contributed by atoms with van der Waals surface area (Å²) in [6.45, 7) is 4.59. The molecule has 0 unspecified atom stereocenters. The van der Waals surface area contributed by atoms with Gasteiger partial charge in [0.25, 0.3) is 17.7 Å². The fraction of sp³-hybridized carbons (Fsp3) is 0.565. The molecule has 1 fully saturated rings. The average Bonchev–Trinajstić information content (AvgIpc) is 3.02. The van der Waals surface area contributed by atoms with E-state index in [1.807, 2.05) is 13.8 Å². The van der Waals surface area contributed by atoms with Gasteiger partial charge in [-0.3, -0.25) is 24.1 Å². The molecular weight excluding hydrogens is 382 g/mol. The average molecular weight is 414 g/mol. The van der Waals surface area contributed by atoms with Gasteiger partial charge in [0.05, 0.1) is 11.1 Å². The Morgan fingerprint density at radius 2 is 1.60 bits per heavy atom. The molecule has 1 aromatic carbocycles. The van der Waals surface area contributed by atoms with Crippen LogP contribution in [0.1, 0.15) is 89.9 Å². The van der Waals surface area contributed by atoms with E-state index in [0.717, 1.165) is 44.9 Å². The molecule has 2 N–H and O–H groups in total. The van der Waals surface area contributed by atoms with E-state index < -0.39 is 0 Å². The minimum Gasteiger partial charge on any atom is -0.354 e. The van der Waals surface area contributed by atoms with E-state index in [4.69, 9.17) is 0 Å². The quantitative estimate of drug-likeness (QED) is 0.506. The maximum Gasteiger partial charge on any atom is 0.261 e. The number of hydrogen-bond acceptors (Lipinski definition) is 4. The van der Waals surface area contributed by atoms with Crippen LogP contribution >= 0.6 is 0 Å². The molecule has 1 aliphatic carbocycles. The van der Waals surface area contributed by atoms with E-state index in [9.17, 15) is 19.2 Å². The van der Waals surface area contributed by atoms with Crippen LogP contribution in [0.15, 0.2) is 18.2 Å². The highest BCUT2D eigenvalue weighted by Crippen LogP contribution is 2.31. The number of fused-ring (bicyclic) bond motifs is 1. The fourth-order valence-electron chi connectivity index (χ4n) is 4.34. The van der Waals surface area contributed by atoms with Crippen LogP contribution in [-0.2, 0) is 4.79 Å². The molecule has 0 atom stereocenters. The number of imide groups is 1. The lowest BCUT2D eigenvalue weighted by Crippen LogP contribution is -2.40. The Morgan fingerprint density at radius 1 is 0.967 bits per heavy atom. The molecule has 4 amide bonds. The minimum absolute atomic E-state index is 0.00121.